The predicted molar refractivity (Wildman–Crippen MR) is 93.1 cm³/mol. The highest BCUT2D eigenvalue weighted by molar-refractivity contribution is 5.90. The molecule has 2 amide bonds. The summed E-state index contributed by atoms with van der Waals surface area (Å²) in [7, 11) is 4.49. The lowest BCUT2D eigenvalue weighted by molar-refractivity contribution is 0.251. The summed E-state index contributed by atoms with van der Waals surface area (Å²) in [6.07, 6.45) is 0. The minimum Gasteiger partial charge on any atom is -0.493 e. The second-order valence-corrected chi connectivity index (χ2v) is 5.29. The highest BCUT2D eigenvalue weighted by atomic mass is 19.1. The molecule has 6 nitrogen and oxygen atoms in total. The van der Waals surface area contributed by atoms with Gasteiger partial charge in [0.25, 0.3) is 0 Å². The number of urea groups is 1. The molecular weight excluding hydrogens is 327 g/mol. The quantitative estimate of drug-likeness (QED) is 0.839. The maximum Gasteiger partial charge on any atom is 0.319 e. The van der Waals surface area contributed by atoms with Crippen molar-refractivity contribution in [2.45, 2.75) is 13.5 Å². The van der Waals surface area contributed by atoms with Crippen LogP contribution < -0.4 is 24.8 Å². The summed E-state index contributed by atoms with van der Waals surface area (Å²) in [6.45, 7) is 2.06. The molecule has 7 heteroatoms. The molecule has 0 aliphatic heterocycles. The average Bonchev–Trinajstić information content (AvgIpc) is 2.61. The normalized spacial score (nSPS) is 10.1. The van der Waals surface area contributed by atoms with Crippen molar-refractivity contribution in [1.29, 1.82) is 0 Å². The fraction of sp³-hybridized carbons (Fsp3) is 0.278. The molecule has 0 aromatic heterocycles. The number of aryl methyl sites for hydroxylation is 1. The van der Waals surface area contributed by atoms with Crippen molar-refractivity contribution < 1.29 is 23.4 Å². The van der Waals surface area contributed by atoms with Gasteiger partial charge in [0.15, 0.2) is 11.5 Å². The summed E-state index contributed by atoms with van der Waals surface area (Å²) in [5, 5.41) is 5.38. The van der Waals surface area contributed by atoms with E-state index in [1.807, 2.05) is 6.92 Å². The number of hydrogen-bond acceptors (Lipinski definition) is 4. The van der Waals surface area contributed by atoms with Crippen LogP contribution in [0.25, 0.3) is 0 Å². The zero-order valence-electron chi connectivity index (χ0n) is 14.6. The van der Waals surface area contributed by atoms with E-state index < -0.39 is 6.03 Å². The van der Waals surface area contributed by atoms with Gasteiger partial charge < -0.3 is 24.8 Å². The number of halogens is 1. The van der Waals surface area contributed by atoms with Crippen LogP contribution in [-0.4, -0.2) is 27.4 Å². The smallest absolute Gasteiger partial charge is 0.319 e. The molecule has 2 N–H and O–H groups in total. The van der Waals surface area contributed by atoms with E-state index in [1.165, 1.54) is 33.5 Å². The lowest BCUT2D eigenvalue weighted by Gasteiger charge is -2.15. The Morgan fingerprint density at radius 1 is 1.04 bits per heavy atom. The summed E-state index contributed by atoms with van der Waals surface area (Å²) in [5.41, 5.74) is 2.08. The Morgan fingerprint density at radius 3 is 2.24 bits per heavy atom. The molecule has 0 bridgehead atoms. The van der Waals surface area contributed by atoms with E-state index in [0.717, 1.165) is 5.56 Å². The minimum atomic E-state index is -0.432. The van der Waals surface area contributed by atoms with Crippen LogP contribution in [0.2, 0.25) is 0 Å². The van der Waals surface area contributed by atoms with Gasteiger partial charge in [-0.15, -0.1) is 0 Å². The van der Waals surface area contributed by atoms with Gasteiger partial charge in [0, 0.05) is 18.7 Å². The number of ether oxygens (including phenoxy) is 3. The predicted octanol–water partition coefficient (Wildman–Crippen LogP) is 3.48. The maximum atomic E-state index is 13.3. The molecule has 0 atom stereocenters. The maximum absolute atomic E-state index is 13.3. The van der Waals surface area contributed by atoms with E-state index in [9.17, 15) is 9.18 Å². The molecule has 0 saturated carbocycles. The fourth-order valence-corrected chi connectivity index (χ4v) is 2.33. The number of nitrogens with one attached hydrogen (secondary N) is 2. The van der Waals surface area contributed by atoms with Gasteiger partial charge in [-0.2, -0.15) is 0 Å². The van der Waals surface area contributed by atoms with E-state index >= 15 is 0 Å². The third-order valence-corrected chi connectivity index (χ3v) is 3.67. The number of anilines is 1. The molecule has 134 valence electrons. The first-order chi connectivity index (χ1) is 12.0. The molecule has 0 spiro atoms. The van der Waals surface area contributed by atoms with Crippen LogP contribution in [-0.2, 0) is 6.54 Å². The zero-order valence-corrected chi connectivity index (χ0v) is 14.6. The van der Waals surface area contributed by atoms with Crippen LogP contribution in [0.5, 0.6) is 17.2 Å². The van der Waals surface area contributed by atoms with Crippen LogP contribution >= 0.6 is 0 Å². The van der Waals surface area contributed by atoms with Crippen LogP contribution in [0.4, 0.5) is 14.9 Å². The molecular formula is C18H21FN2O4. The first-order valence-corrected chi connectivity index (χ1v) is 7.58. The van der Waals surface area contributed by atoms with E-state index in [1.54, 1.807) is 18.2 Å². The Kier molecular flexibility index (Phi) is 6.05. The molecule has 0 unspecified atom stereocenters. The molecule has 0 heterocycles. The molecule has 2 aromatic carbocycles. The Morgan fingerprint density at radius 2 is 1.68 bits per heavy atom. The van der Waals surface area contributed by atoms with Crippen LogP contribution in [0.15, 0.2) is 30.3 Å². The second kappa shape index (κ2) is 8.23. The largest absolute Gasteiger partial charge is 0.493 e. The van der Waals surface area contributed by atoms with Crippen molar-refractivity contribution >= 4 is 11.7 Å². The SMILES string of the molecule is COc1cc(NC(=O)NCc2cc(F)ccc2C)cc(OC)c1OC. The van der Waals surface area contributed by atoms with Crippen molar-refractivity contribution in [3.8, 4) is 17.2 Å². The van der Waals surface area contributed by atoms with Crippen molar-refractivity contribution in [3.05, 3.63) is 47.3 Å². The average molecular weight is 348 g/mol. The molecule has 2 rings (SSSR count). The van der Waals surface area contributed by atoms with Crippen molar-refractivity contribution in [3.63, 3.8) is 0 Å². The lowest BCUT2D eigenvalue weighted by Crippen LogP contribution is -2.28. The number of carbonyl (C=O) groups excluding carboxylic acids is 1. The van der Waals surface area contributed by atoms with Gasteiger partial charge in [0.2, 0.25) is 5.75 Å². The lowest BCUT2D eigenvalue weighted by atomic mass is 10.1. The van der Waals surface area contributed by atoms with Gasteiger partial charge in [0.1, 0.15) is 5.82 Å². The fourth-order valence-electron chi connectivity index (χ4n) is 2.33. The summed E-state index contributed by atoms with van der Waals surface area (Å²) < 4.78 is 29.0. The monoisotopic (exact) mass is 348 g/mol. The Labute approximate surface area is 145 Å². The number of rotatable bonds is 6. The third kappa shape index (κ3) is 4.53. The topological polar surface area (TPSA) is 68.8 Å². The first-order valence-electron chi connectivity index (χ1n) is 7.58. The van der Waals surface area contributed by atoms with Crippen LogP contribution in [0, 0.1) is 12.7 Å². The van der Waals surface area contributed by atoms with Gasteiger partial charge in [-0.05, 0) is 30.2 Å². The standard InChI is InChI=1S/C18H21FN2O4/c1-11-5-6-13(19)7-12(11)10-20-18(22)21-14-8-15(23-2)17(25-4)16(9-14)24-3/h5-9H,10H2,1-4H3,(H2,20,21,22). The number of hydrogen-bond donors (Lipinski definition) is 2. The minimum absolute atomic E-state index is 0.208. The summed E-state index contributed by atoms with van der Waals surface area (Å²) in [4.78, 5) is 12.1. The molecule has 25 heavy (non-hydrogen) atoms. The van der Waals surface area contributed by atoms with E-state index in [-0.39, 0.29) is 12.4 Å². The van der Waals surface area contributed by atoms with Crippen LogP contribution in [0.1, 0.15) is 11.1 Å². The van der Waals surface area contributed by atoms with Crippen molar-refractivity contribution in [1.82, 2.24) is 5.32 Å². The summed E-state index contributed by atoms with van der Waals surface area (Å²) in [5.74, 6) is 0.954. The molecule has 0 fully saturated rings. The number of benzene rings is 2. The van der Waals surface area contributed by atoms with Gasteiger partial charge >= 0.3 is 6.03 Å². The molecule has 0 aliphatic carbocycles. The van der Waals surface area contributed by atoms with E-state index in [2.05, 4.69) is 10.6 Å². The van der Waals surface area contributed by atoms with Gasteiger partial charge in [0.05, 0.1) is 27.0 Å². The van der Waals surface area contributed by atoms with Crippen molar-refractivity contribution in [2.75, 3.05) is 26.6 Å². The summed E-state index contributed by atoms with van der Waals surface area (Å²) >= 11 is 0. The Balaban J connectivity index is 2.08. The second-order valence-electron chi connectivity index (χ2n) is 5.29. The van der Waals surface area contributed by atoms with Gasteiger partial charge in [-0.1, -0.05) is 6.07 Å². The summed E-state index contributed by atoms with van der Waals surface area (Å²) in [6, 6.07) is 7.26. The zero-order chi connectivity index (χ0) is 18.4. The highest BCUT2D eigenvalue weighted by Gasteiger charge is 2.14. The van der Waals surface area contributed by atoms with E-state index in [4.69, 9.17) is 14.2 Å². The number of amides is 2. The molecule has 0 radical (unpaired) electrons. The highest BCUT2D eigenvalue weighted by Crippen LogP contribution is 2.39. The Bertz CT molecular complexity index is 740. The first kappa shape index (κ1) is 18.4. The van der Waals surface area contributed by atoms with Gasteiger partial charge in [-0.25, -0.2) is 9.18 Å². The molecule has 0 aliphatic rings. The van der Waals surface area contributed by atoms with Crippen LogP contribution in [0.3, 0.4) is 0 Å². The molecule has 2 aromatic rings. The Hall–Kier alpha value is -2.96. The van der Waals surface area contributed by atoms with Crippen molar-refractivity contribution in [2.24, 2.45) is 0 Å². The third-order valence-electron chi connectivity index (χ3n) is 3.67. The number of methoxy groups -OCH3 is 3. The molecule has 0 saturated heterocycles. The van der Waals surface area contributed by atoms with E-state index in [0.29, 0.717) is 28.5 Å². The van der Waals surface area contributed by atoms with Gasteiger partial charge in [-0.3, -0.25) is 0 Å². The number of carbonyl (C=O) groups is 1.